The van der Waals surface area contributed by atoms with Gasteiger partial charge in [-0.15, -0.1) is 0 Å². The number of likely N-dealkylation sites (tertiary alicyclic amines) is 1. The van der Waals surface area contributed by atoms with E-state index in [0.717, 1.165) is 38.6 Å². The van der Waals surface area contributed by atoms with E-state index < -0.39 is 0 Å². The maximum absolute atomic E-state index is 12.2. The molecule has 0 aliphatic carbocycles. The fourth-order valence-electron chi connectivity index (χ4n) is 2.95. The standard InChI is InChI=1S/C15H25N3O/c1-3-14(11-13(2)17-10-8-16-12-17)18-9-6-4-5-7-15(18)19/h8,10,12-14H,3-7,9,11H2,1-2H3/t13-,14?/m1/s1. The van der Waals surface area contributed by atoms with Crippen LogP contribution in [0, 0.1) is 0 Å². The summed E-state index contributed by atoms with van der Waals surface area (Å²) in [5.74, 6) is 0.349. The van der Waals surface area contributed by atoms with Gasteiger partial charge in [0.05, 0.1) is 6.33 Å². The molecule has 1 unspecified atom stereocenters. The van der Waals surface area contributed by atoms with Crippen LogP contribution < -0.4 is 0 Å². The Bertz CT molecular complexity index is 388. The summed E-state index contributed by atoms with van der Waals surface area (Å²) in [6.07, 6.45) is 11.9. The van der Waals surface area contributed by atoms with Crippen molar-refractivity contribution in [3.05, 3.63) is 18.7 Å². The van der Waals surface area contributed by atoms with Crippen molar-refractivity contribution < 1.29 is 4.79 Å². The molecule has 1 amide bonds. The van der Waals surface area contributed by atoms with Crippen LogP contribution in [0.2, 0.25) is 0 Å². The minimum Gasteiger partial charge on any atom is -0.340 e. The van der Waals surface area contributed by atoms with Crippen molar-refractivity contribution in [3.63, 3.8) is 0 Å². The highest BCUT2D eigenvalue weighted by Gasteiger charge is 2.25. The molecule has 0 aromatic carbocycles. The van der Waals surface area contributed by atoms with Gasteiger partial charge in [0.2, 0.25) is 5.91 Å². The van der Waals surface area contributed by atoms with Gasteiger partial charge in [-0.25, -0.2) is 4.98 Å². The fraction of sp³-hybridized carbons (Fsp3) is 0.733. The summed E-state index contributed by atoms with van der Waals surface area (Å²) in [6.45, 7) is 5.32. The summed E-state index contributed by atoms with van der Waals surface area (Å²) >= 11 is 0. The summed E-state index contributed by atoms with van der Waals surface area (Å²) in [4.78, 5) is 18.4. The van der Waals surface area contributed by atoms with Crippen LogP contribution in [0.25, 0.3) is 0 Å². The van der Waals surface area contributed by atoms with Gasteiger partial charge >= 0.3 is 0 Å². The van der Waals surface area contributed by atoms with E-state index in [2.05, 4.69) is 28.3 Å². The number of nitrogens with zero attached hydrogens (tertiary/aromatic N) is 3. The molecule has 1 aliphatic heterocycles. The Morgan fingerprint density at radius 2 is 2.21 bits per heavy atom. The maximum atomic E-state index is 12.2. The number of amides is 1. The van der Waals surface area contributed by atoms with Gasteiger partial charge in [-0.2, -0.15) is 0 Å². The number of aromatic nitrogens is 2. The number of hydrogen-bond acceptors (Lipinski definition) is 2. The van der Waals surface area contributed by atoms with Crippen molar-refractivity contribution in [1.29, 1.82) is 0 Å². The molecule has 19 heavy (non-hydrogen) atoms. The van der Waals surface area contributed by atoms with E-state index in [9.17, 15) is 4.79 Å². The zero-order chi connectivity index (χ0) is 13.7. The second kappa shape index (κ2) is 6.73. The van der Waals surface area contributed by atoms with Gasteiger partial charge in [0, 0.05) is 37.4 Å². The topological polar surface area (TPSA) is 38.1 Å². The molecule has 0 N–H and O–H groups in total. The third-order valence-electron chi connectivity index (χ3n) is 4.17. The van der Waals surface area contributed by atoms with E-state index in [1.54, 1.807) is 0 Å². The molecule has 2 rings (SSSR count). The molecule has 4 nitrogen and oxygen atoms in total. The summed E-state index contributed by atoms with van der Waals surface area (Å²) in [6, 6.07) is 0.756. The van der Waals surface area contributed by atoms with Crippen LogP contribution in [-0.2, 0) is 4.79 Å². The second-order valence-electron chi connectivity index (χ2n) is 5.55. The third kappa shape index (κ3) is 3.58. The van der Waals surface area contributed by atoms with E-state index in [1.807, 2.05) is 18.7 Å². The molecule has 1 aromatic rings. The molecule has 2 atom stereocenters. The van der Waals surface area contributed by atoms with Crippen LogP contribution in [-0.4, -0.2) is 32.9 Å². The van der Waals surface area contributed by atoms with E-state index in [1.165, 1.54) is 6.42 Å². The predicted molar refractivity (Wildman–Crippen MR) is 75.8 cm³/mol. The van der Waals surface area contributed by atoms with Crippen LogP contribution >= 0.6 is 0 Å². The lowest BCUT2D eigenvalue weighted by molar-refractivity contribution is -0.133. The first-order valence-electron chi connectivity index (χ1n) is 7.49. The minimum absolute atomic E-state index is 0.349. The molecule has 1 fully saturated rings. The average molecular weight is 263 g/mol. The number of hydrogen-bond donors (Lipinski definition) is 0. The molecular weight excluding hydrogens is 238 g/mol. The van der Waals surface area contributed by atoms with Gasteiger partial charge in [0.1, 0.15) is 0 Å². The molecule has 0 saturated carbocycles. The van der Waals surface area contributed by atoms with Gasteiger partial charge in [0.25, 0.3) is 0 Å². The Labute approximate surface area is 115 Å². The van der Waals surface area contributed by atoms with Crippen molar-refractivity contribution in [2.75, 3.05) is 6.54 Å². The van der Waals surface area contributed by atoms with E-state index in [0.29, 0.717) is 18.0 Å². The number of imidazole rings is 1. The Morgan fingerprint density at radius 3 is 2.89 bits per heavy atom. The summed E-state index contributed by atoms with van der Waals surface area (Å²) in [5, 5.41) is 0. The quantitative estimate of drug-likeness (QED) is 0.819. The molecule has 2 heterocycles. The third-order valence-corrected chi connectivity index (χ3v) is 4.17. The van der Waals surface area contributed by atoms with Gasteiger partial charge in [-0.3, -0.25) is 4.79 Å². The highest BCUT2D eigenvalue weighted by Crippen LogP contribution is 2.22. The number of rotatable bonds is 5. The second-order valence-corrected chi connectivity index (χ2v) is 5.55. The minimum atomic E-state index is 0.349. The monoisotopic (exact) mass is 263 g/mol. The van der Waals surface area contributed by atoms with Gasteiger partial charge < -0.3 is 9.47 Å². The smallest absolute Gasteiger partial charge is 0.222 e. The van der Waals surface area contributed by atoms with E-state index in [-0.39, 0.29) is 0 Å². The normalized spacial score (nSPS) is 20.1. The SMILES string of the molecule is CCC(C[C@@H](C)n1ccnc1)N1CCCCCC1=O. The van der Waals surface area contributed by atoms with Crippen molar-refractivity contribution in [1.82, 2.24) is 14.5 Å². The van der Waals surface area contributed by atoms with Crippen LogP contribution in [0.15, 0.2) is 18.7 Å². The van der Waals surface area contributed by atoms with Crippen molar-refractivity contribution in [2.45, 2.75) is 64.5 Å². The number of carbonyl (C=O) groups is 1. The van der Waals surface area contributed by atoms with Gasteiger partial charge in [-0.1, -0.05) is 13.3 Å². The van der Waals surface area contributed by atoms with Crippen molar-refractivity contribution in [3.8, 4) is 0 Å². The first-order valence-corrected chi connectivity index (χ1v) is 7.49. The largest absolute Gasteiger partial charge is 0.340 e. The first kappa shape index (κ1) is 14.1. The van der Waals surface area contributed by atoms with Crippen LogP contribution in [0.5, 0.6) is 0 Å². The lowest BCUT2D eigenvalue weighted by Gasteiger charge is -2.32. The van der Waals surface area contributed by atoms with Gasteiger partial charge in [0.15, 0.2) is 0 Å². The molecule has 0 radical (unpaired) electrons. The van der Waals surface area contributed by atoms with Crippen molar-refractivity contribution in [2.24, 2.45) is 0 Å². The summed E-state index contributed by atoms with van der Waals surface area (Å²) in [5.41, 5.74) is 0. The summed E-state index contributed by atoms with van der Waals surface area (Å²) in [7, 11) is 0. The van der Waals surface area contributed by atoms with Crippen molar-refractivity contribution >= 4 is 5.91 Å². The predicted octanol–water partition coefficient (Wildman–Crippen LogP) is 3.02. The molecule has 1 saturated heterocycles. The highest BCUT2D eigenvalue weighted by atomic mass is 16.2. The fourth-order valence-corrected chi connectivity index (χ4v) is 2.95. The highest BCUT2D eigenvalue weighted by molar-refractivity contribution is 5.76. The number of carbonyl (C=O) groups excluding carboxylic acids is 1. The zero-order valence-electron chi connectivity index (χ0n) is 12.1. The molecule has 0 spiro atoms. The molecule has 4 heteroatoms. The molecule has 0 bridgehead atoms. The summed E-state index contributed by atoms with van der Waals surface area (Å²) < 4.78 is 2.13. The Balaban J connectivity index is 2.00. The van der Waals surface area contributed by atoms with Crippen LogP contribution in [0.4, 0.5) is 0 Å². The Kier molecular flexibility index (Phi) is 5.00. The average Bonchev–Trinajstić information content (AvgIpc) is 2.86. The zero-order valence-corrected chi connectivity index (χ0v) is 12.1. The van der Waals surface area contributed by atoms with Crippen LogP contribution in [0.1, 0.15) is 58.4 Å². The van der Waals surface area contributed by atoms with E-state index in [4.69, 9.17) is 0 Å². The maximum Gasteiger partial charge on any atom is 0.222 e. The van der Waals surface area contributed by atoms with Gasteiger partial charge in [-0.05, 0) is 32.6 Å². The molecule has 1 aliphatic rings. The molecular formula is C15H25N3O. The Hall–Kier alpha value is -1.32. The molecule has 106 valence electrons. The van der Waals surface area contributed by atoms with E-state index >= 15 is 0 Å². The Morgan fingerprint density at radius 1 is 1.37 bits per heavy atom. The lowest BCUT2D eigenvalue weighted by Crippen LogP contribution is -2.40. The van der Waals surface area contributed by atoms with Crippen LogP contribution in [0.3, 0.4) is 0 Å². The molecule has 1 aromatic heterocycles. The first-order chi connectivity index (χ1) is 9.22. The lowest BCUT2D eigenvalue weighted by atomic mass is 10.0.